The van der Waals surface area contributed by atoms with E-state index in [4.69, 9.17) is 0 Å². The van der Waals surface area contributed by atoms with Gasteiger partial charge in [0, 0.05) is 49.4 Å². The SMILES string of the molecule is CCCCc1cccc(-n2c3ccccc3c3cc(-c4ccc5c(c4)c4cc(-c6ccc7c(c6)c6ccccc6n7-c6cccc(CCCC)c6)ccc4n5-c4ccc(-c5c6ccccc6c(-c6ccccc6)c6ccccc56)cc4)ccc32)c1. The minimum absolute atomic E-state index is 1.09. The van der Waals surface area contributed by atoms with Crippen LogP contribution in [-0.4, -0.2) is 13.7 Å². The maximum atomic E-state index is 2.48. The third-order valence-corrected chi connectivity index (χ3v) is 18.2. The molecule has 0 aliphatic heterocycles. The molecule has 0 bridgehead atoms. The van der Waals surface area contributed by atoms with Gasteiger partial charge in [0.05, 0.1) is 33.1 Å². The van der Waals surface area contributed by atoms with Crippen LogP contribution in [0.3, 0.4) is 0 Å². The van der Waals surface area contributed by atoms with Gasteiger partial charge in [0.15, 0.2) is 0 Å². The third-order valence-electron chi connectivity index (χ3n) is 18.2. The summed E-state index contributed by atoms with van der Waals surface area (Å²) in [6.07, 6.45) is 6.92. The van der Waals surface area contributed by atoms with Gasteiger partial charge in [0.25, 0.3) is 0 Å². The molecule has 0 saturated heterocycles. The molecule has 0 unspecified atom stereocenters. The fourth-order valence-corrected chi connectivity index (χ4v) is 14.1. The van der Waals surface area contributed by atoms with Crippen molar-refractivity contribution in [2.75, 3.05) is 0 Å². The molecule has 0 amide bonds. The molecule has 0 aliphatic carbocycles. The van der Waals surface area contributed by atoms with Crippen molar-refractivity contribution in [3.8, 4) is 61.6 Å². The molecule has 16 aromatic rings. The van der Waals surface area contributed by atoms with Crippen LogP contribution in [0, 0.1) is 0 Å². The topological polar surface area (TPSA) is 14.8 Å². The first-order chi connectivity index (χ1) is 42.1. The molecule has 0 N–H and O–H groups in total. The van der Waals surface area contributed by atoms with Gasteiger partial charge in [-0.25, -0.2) is 0 Å². The maximum Gasteiger partial charge on any atom is 0.0541 e. The zero-order valence-electron chi connectivity index (χ0n) is 48.1. The molecule has 85 heavy (non-hydrogen) atoms. The number of unbranched alkanes of at least 4 members (excludes halogenated alkanes) is 2. The summed E-state index contributed by atoms with van der Waals surface area (Å²) < 4.78 is 7.40. The molecular formula is C82H63N3. The maximum absolute atomic E-state index is 2.48. The Balaban J connectivity index is 0.862. The number of aromatic nitrogens is 3. The van der Waals surface area contributed by atoms with Crippen molar-refractivity contribution in [3.63, 3.8) is 0 Å². The fourth-order valence-electron chi connectivity index (χ4n) is 14.1. The average molecular weight is 1090 g/mol. The van der Waals surface area contributed by atoms with Crippen LogP contribution in [0.4, 0.5) is 0 Å². The van der Waals surface area contributed by atoms with Gasteiger partial charge in [-0.1, -0.05) is 203 Å². The van der Waals surface area contributed by atoms with E-state index in [1.165, 1.54) is 180 Å². The van der Waals surface area contributed by atoms with Gasteiger partial charge >= 0.3 is 0 Å². The second kappa shape index (κ2) is 20.9. The lowest BCUT2D eigenvalue weighted by Gasteiger charge is -2.18. The van der Waals surface area contributed by atoms with E-state index in [-0.39, 0.29) is 0 Å². The van der Waals surface area contributed by atoms with Crippen molar-refractivity contribution in [3.05, 3.63) is 284 Å². The molecule has 0 spiro atoms. The third kappa shape index (κ3) is 8.48. The summed E-state index contributed by atoms with van der Waals surface area (Å²) in [4.78, 5) is 0. The summed E-state index contributed by atoms with van der Waals surface area (Å²) in [6, 6.07) is 103. The first-order valence-corrected chi connectivity index (χ1v) is 30.5. The molecule has 0 radical (unpaired) electrons. The fraction of sp³-hybridized carbons (Fsp3) is 0.0976. The van der Waals surface area contributed by atoms with Gasteiger partial charge < -0.3 is 13.7 Å². The van der Waals surface area contributed by atoms with E-state index in [0.717, 1.165) is 18.5 Å². The first kappa shape index (κ1) is 50.5. The van der Waals surface area contributed by atoms with Gasteiger partial charge in [0.1, 0.15) is 0 Å². The number of aryl methyl sites for hydroxylation is 2. The number of benzene rings is 13. The van der Waals surface area contributed by atoms with Gasteiger partial charge in [-0.2, -0.15) is 0 Å². The summed E-state index contributed by atoms with van der Waals surface area (Å²) in [7, 11) is 0. The normalized spacial score (nSPS) is 11.9. The number of hydrogen-bond acceptors (Lipinski definition) is 0. The van der Waals surface area contributed by atoms with Crippen LogP contribution in [-0.2, 0) is 12.8 Å². The summed E-state index contributed by atoms with van der Waals surface area (Å²) >= 11 is 0. The first-order valence-electron chi connectivity index (χ1n) is 30.5. The Kier molecular flexibility index (Phi) is 12.4. The summed E-state index contributed by atoms with van der Waals surface area (Å²) in [6.45, 7) is 4.54. The highest BCUT2D eigenvalue weighted by molar-refractivity contribution is 6.22. The summed E-state index contributed by atoms with van der Waals surface area (Å²) in [5.41, 5.74) is 23.3. The Morgan fingerprint density at radius 2 is 0.541 bits per heavy atom. The Morgan fingerprint density at radius 3 is 0.941 bits per heavy atom. The molecular weight excluding hydrogens is 1030 g/mol. The molecule has 0 atom stereocenters. The second-order valence-electron chi connectivity index (χ2n) is 23.3. The largest absolute Gasteiger partial charge is 0.309 e. The van der Waals surface area contributed by atoms with E-state index in [2.05, 4.69) is 301 Å². The Bertz CT molecular complexity index is 4980. The predicted molar refractivity (Wildman–Crippen MR) is 363 cm³/mol. The molecule has 406 valence electrons. The van der Waals surface area contributed by atoms with E-state index in [9.17, 15) is 0 Å². The predicted octanol–water partition coefficient (Wildman–Crippen LogP) is 22.6. The number of rotatable bonds is 13. The highest BCUT2D eigenvalue weighted by Crippen LogP contribution is 2.46. The Labute approximate surface area is 495 Å². The van der Waals surface area contributed by atoms with Crippen LogP contribution in [0.2, 0.25) is 0 Å². The second-order valence-corrected chi connectivity index (χ2v) is 23.3. The van der Waals surface area contributed by atoms with Crippen molar-refractivity contribution >= 4 is 87.0 Å². The monoisotopic (exact) mass is 1090 g/mol. The van der Waals surface area contributed by atoms with E-state index in [1.807, 2.05) is 0 Å². The molecule has 0 aliphatic rings. The van der Waals surface area contributed by atoms with Gasteiger partial charge in [-0.3, -0.25) is 0 Å². The lowest BCUT2D eigenvalue weighted by atomic mass is 9.86. The molecule has 3 heterocycles. The minimum atomic E-state index is 1.09. The summed E-state index contributed by atoms with van der Waals surface area (Å²) in [5.74, 6) is 0. The van der Waals surface area contributed by atoms with E-state index < -0.39 is 0 Å². The molecule has 3 aromatic heterocycles. The Hall–Kier alpha value is -10.2. The zero-order chi connectivity index (χ0) is 56.5. The van der Waals surface area contributed by atoms with Crippen LogP contribution in [0.15, 0.2) is 273 Å². The highest BCUT2D eigenvalue weighted by atomic mass is 15.0. The lowest BCUT2D eigenvalue weighted by Crippen LogP contribution is -1.95. The molecule has 3 nitrogen and oxygen atoms in total. The van der Waals surface area contributed by atoms with Crippen molar-refractivity contribution < 1.29 is 0 Å². The molecule has 16 rings (SSSR count). The number of para-hydroxylation sites is 2. The van der Waals surface area contributed by atoms with Gasteiger partial charge in [-0.15, -0.1) is 0 Å². The molecule has 0 saturated carbocycles. The van der Waals surface area contributed by atoms with Gasteiger partial charge in [0.2, 0.25) is 0 Å². The van der Waals surface area contributed by atoms with Crippen LogP contribution < -0.4 is 0 Å². The minimum Gasteiger partial charge on any atom is -0.309 e. The highest BCUT2D eigenvalue weighted by Gasteiger charge is 2.21. The van der Waals surface area contributed by atoms with Gasteiger partial charge in [-0.05, 0) is 200 Å². The van der Waals surface area contributed by atoms with E-state index >= 15 is 0 Å². The van der Waals surface area contributed by atoms with Crippen molar-refractivity contribution in [2.45, 2.75) is 52.4 Å². The molecule has 3 heteroatoms. The lowest BCUT2D eigenvalue weighted by molar-refractivity contribution is 0.794. The van der Waals surface area contributed by atoms with Crippen LogP contribution in [0.25, 0.3) is 149 Å². The van der Waals surface area contributed by atoms with E-state index in [1.54, 1.807) is 0 Å². The zero-order valence-corrected chi connectivity index (χ0v) is 48.1. The molecule has 0 fully saturated rings. The molecule has 13 aromatic carbocycles. The van der Waals surface area contributed by atoms with Crippen molar-refractivity contribution in [1.82, 2.24) is 13.7 Å². The Morgan fingerprint density at radius 1 is 0.224 bits per heavy atom. The van der Waals surface area contributed by atoms with E-state index in [0.29, 0.717) is 0 Å². The van der Waals surface area contributed by atoms with Crippen LogP contribution in [0.1, 0.15) is 50.7 Å². The standard InChI is InChI=1S/C82H63N3/c1-3-5-20-54-22-18-26-63(48-54)84-75-34-16-14-28-65(75)71-50-58(38-44-77(71)84)60-40-46-79-73(52-60)74-53-61(59-39-45-78-72(51-59)66-29-15-17-35-76(66)85(78)64-27-19-23-55(49-64)21-6-4-2)41-47-80(74)83(79)62-42-36-57(37-43-62)82-69-32-12-10-30-67(69)81(56-24-8-7-9-25-56)68-31-11-13-33-70(68)82/h7-19,22-53H,3-6,20-21H2,1-2H3. The number of nitrogens with zero attached hydrogens (tertiary/aromatic N) is 3. The smallest absolute Gasteiger partial charge is 0.0541 e. The van der Waals surface area contributed by atoms with Crippen molar-refractivity contribution in [2.24, 2.45) is 0 Å². The average Bonchev–Trinajstić information content (AvgIpc) is 2.04. The number of hydrogen-bond donors (Lipinski definition) is 0. The van der Waals surface area contributed by atoms with Crippen molar-refractivity contribution in [1.29, 1.82) is 0 Å². The van der Waals surface area contributed by atoms with Crippen LogP contribution in [0.5, 0.6) is 0 Å². The quantitative estimate of drug-likeness (QED) is 0.102. The summed E-state index contributed by atoms with van der Waals surface area (Å²) in [5, 5.41) is 12.5. The van der Waals surface area contributed by atoms with Crippen LogP contribution >= 0.6 is 0 Å². The number of fused-ring (bicyclic) bond motifs is 11.